The summed E-state index contributed by atoms with van der Waals surface area (Å²) in [5.41, 5.74) is 4.51. The second-order valence-corrected chi connectivity index (χ2v) is 7.36. The van der Waals surface area contributed by atoms with Gasteiger partial charge in [-0.2, -0.15) is 0 Å². The molecule has 0 atom stereocenters. The summed E-state index contributed by atoms with van der Waals surface area (Å²) in [6.07, 6.45) is 0.556. The molecule has 5 nitrogen and oxygen atoms in total. The van der Waals surface area contributed by atoms with Crippen molar-refractivity contribution in [3.63, 3.8) is 0 Å². The molecule has 160 valence electrons. The van der Waals surface area contributed by atoms with Crippen LogP contribution in [-0.4, -0.2) is 18.0 Å². The number of aromatic nitrogens is 1. The fraction of sp³-hybridized carbons (Fsp3) is 0.130. The van der Waals surface area contributed by atoms with Gasteiger partial charge in [-0.15, -0.1) is 11.3 Å². The van der Waals surface area contributed by atoms with E-state index >= 15 is 0 Å². The van der Waals surface area contributed by atoms with Crippen LogP contribution in [-0.2, 0) is 9.53 Å². The van der Waals surface area contributed by atoms with Crippen molar-refractivity contribution in [1.29, 1.82) is 0 Å². The molecule has 3 rings (SSSR count). The molecule has 31 heavy (non-hydrogen) atoms. The summed E-state index contributed by atoms with van der Waals surface area (Å²) in [5.74, 6) is -0.394. The molecule has 0 saturated heterocycles. The van der Waals surface area contributed by atoms with Crippen LogP contribution in [0.25, 0.3) is 11.3 Å². The van der Waals surface area contributed by atoms with Gasteiger partial charge in [-0.05, 0) is 49.2 Å². The van der Waals surface area contributed by atoms with Crippen LogP contribution >= 0.6 is 11.3 Å². The molecule has 2 aromatic carbocycles. The minimum atomic E-state index is -0.391. The molecule has 2 N–H and O–H groups in total. The number of ether oxygens (including phenoxy) is 1. The molecular weight excluding hydrogens is 420 g/mol. The minimum absolute atomic E-state index is 0.310. The fourth-order valence-electron chi connectivity index (χ4n) is 2.93. The Bertz CT molecular complexity index is 1120. The van der Waals surface area contributed by atoms with Gasteiger partial charge in [0.2, 0.25) is 6.41 Å². The Kier molecular flexibility index (Phi) is 7.15. The summed E-state index contributed by atoms with van der Waals surface area (Å²) in [7, 11) is 0. The first-order chi connectivity index (χ1) is 14.9. The van der Waals surface area contributed by atoms with Gasteiger partial charge in [0.1, 0.15) is 22.3 Å². The molecule has 0 fully saturated rings. The van der Waals surface area contributed by atoms with Crippen molar-refractivity contribution in [3.8, 4) is 0 Å². The Morgan fingerprint density at radius 2 is 1.97 bits per heavy atom. The summed E-state index contributed by atoms with van der Waals surface area (Å²) < 4.78 is 33.5. The van der Waals surface area contributed by atoms with Crippen molar-refractivity contribution in [2.75, 3.05) is 17.2 Å². The van der Waals surface area contributed by atoms with Gasteiger partial charge in [0.25, 0.3) is 0 Å². The number of allylic oxidation sites excluding steroid dienone is 1. The van der Waals surface area contributed by atoms with Gasteiger partial charge < -0.3 is 15.4 Å². The summed E-state index contributed by atoms with van der Waals surface area (Å²) >= 11 is 1.24. The molecule has 3 aromatic rings. The van der Waals surface area contributed by atoms with Gasteiger partial charge in [-0.1, -0.05) is 24.8 Å². The second-order valence-electron chi connectivity index (χ2n) is 6.50. The van der Waals surface area contributed by atoms with Crippen molar-refractivity contribution < 1.29 is 18.3 Å². The largest absolute Gasteiger partial charge is 0.491 e. The average Bonchev–Trinajstić information content (AvgIpc) is 3.20. The number of hydrogen-bond acceptors (Lipinski definition) is 5. The number of thiazole rings is 1. The van der Waals surface area contributed by atoms with Crippen LogP contribution in [0.3, 0.4) is 0 Å². The van der Waals surface area contributed by atoms with Crippen molar-refractivity contribution in [2.45, 2.75) is 13.8 Å². The first-order valence-corrected chi connectivity index (χ1v) is 10.3. The van der Waals surface area contributed by atoms with Crippen LogP contribution in [0.15, 0.2) is 60.3 Å². The van der Waals surface area contributed by atoms with Crippen LogP contribution in [0, 0.1) is 18.6 Å². The number of halogens is 2. The lowest BCUT2D eigenvalue weighted by atomic mass is 10.00. The molecule has 0 unspecified atom stereocenters. The zero-order chi connectivity index (χ0) is 22.4. The zero-order valence-corrected chi connectivity index (χ0v) is 17.9. The monoisotopic (exact) mass is 441 g/mol. The van der Waals surface area contributed by atoms with E-state index in [-0.39, 0.29) is 5.82 Å². The highest BCUT2D eigenvalue weighted by atomic mass is 32.1. The molecule has 0 aliphatic rings. The van der Waals surface area contributed by atoms with E-state index in [0.717, 1.165) is 0 Å². The van der Waals surface area contributed by atoms with E-state index in [0.29, 0.717) is 57.6 Å². The first-order valence-electron chi connectivity index (χ1n) is 9.44. The highest BCUT2D eigenvalue weighted by Crippen LogP contribution is 2.37. The van der Waals surface area contributed by atoms with E-state index in [9.17, 15) is 13.6 Å². The van der Waals surface area contributed by atoms with Crippen molar-refractivity contribution in [1.82, 2.24) is 4.98 Å². The van der Waals surface area contributed by atoms with Gasteiger partial charge in [0, 0.05) is 17.0 Å². The molecule has 8 heteroatoms. The lowest BCUT2D eigenvalue weighted by Gasteiger charge is -2.19. The number of nitrogens with zero attached hydrogens (tertiary/aromatic N) is 1. The number of anilines is 2. The summed E-state index contributed by atoms with van der Waals surface area (Å²) in [5, 5.41) is 6.20. The predicted molar refractivity (Wildman–Crippen MR) is 121 cm³/mol. The number of nitrogens with one attached hydrogen (secondary N) is 2. The Balaban J connectivity index is 2.16. The normalized spacial score (nSPS) is 11.5. The van der Waals surface area contributed by atoms with E-state index < -0.39 is 5.82 Å². The average molecular weight is 442 g/mol. The molecule has 0 bridgehead atoms. The quantitative estimate of drug-likeness (QED) is 0.249. The van der Waals surface area contributed by atoms with Crippen LogP contribution in [0.4, 0.5) is 19.5 Å². The number of benzene rings is 2. The van der Waals surface area contributed by atoms with Crippen LogP contribution in [0.5, 0.6) is 0 Å². The van der Waals surface area contributed by atoms with E-state index in [1.54, 1.807) is 36.7 Å². The first kappa shape index (κ1) is 22.2. The predicted octanol–water partition coefficient (Wildman–Crippen LogP) is 5.83. The van der Waals surface area contributed by atoms with Gasteiger partial charge >= 0.3 is 0 Å². The lowest BCUT2D eigenvalue weighted by Crippen LogP contribution is -2.08. The Hall–Kier alpha value is -3.52. The van der Waals surface area contributed by atoms with Crippen molar-refractivity contribution >= 4 is 39.8 Å². The van der Waals surface area contributed by atoms with Gasteiger partial charge in [0.15, 0.2) is 5.76 Å². The molecule has 0 aliphatic heterocycles. The van der Waals surface area contributed by atoms with Crippen LogP contribution in [0.2, 0.25) is 0 Å². The molecular formula is C23H21F2N3O2S. The maximum Gasteiger partial charge on any atom is 0.212 e. The summed E-state index contributed by atoms with van der Waals surface area (Å²) in [4.78, 5) is 15.4. The van der Waals surface area contributed by atoms with E-state index in [4.69, 9.17) is 4.74 Å². The number of carbonyl (C=O) groups excluding carboxylic acids is 1. The summed E-state index contributed by atoms with van der Waals surface area (Å²) in [6, 6.07) is 10.6. The fourth-order valence-corrected chi connectivity index (χ4v) is 3.57. The number of hydrogen-bond donors (Lipinski definition) is 2. The Labute approximate surface area is 183 Å². The standard InChI is InChI=1S/C23H21F2N3O2S/c1-4-30-22(21-23(26-12-29)31-13-27-21)20(16-6-8-17(24)9-7-16)15(3)28-18-10-5-14(2)19(25)11-18/h5-13,28H,3-4H2,1-2H3,(H,26,29)/b22-20+. The molecule has 1 amide bonds. The second kappa shape index (κ2) is 9.99. The summed E-state index contributed by atoms with van der Waals surface area (Å²) in [6.45, 7) is 7.91. The van der Waals surface area contributed by atoms with Gasteiger partial charge in [-0.25, -0.2) is 13.8 Å². The maximum atomic E-state index is 14.0. The molecule has 0 saturated carbocycles. The van der Waals surface area contributed by atoms with E-state index in [2.05, 4.69) is 22.2 Å². The number of aryl methyl sites for hydroxylation is 1. The number of rotatable bonds is 9. The molecule has 0 spiro atoms. The highest BCUT2D eigenvalue weighted by Gasteiger charge is 2.21. The SMILES string of the molecule is C=C(Nc1ccc(C)c(F)c1)/C(=C(\OCC)c1ncsc1NC=O)c1ccc(F)cc1. The zero-order valence-electron chi connectivity index (χ0n) is 17.0. The Morgan fingerprint density at radius 1 is 1.23 bits per heavy atom. The highest BCUT2D eigenvalue weighted by molar-refractivity contribution is 7.14. The number of carbonyl (C=O) groups is 1. The van der Waals surface area contributed by atoms with E-state index in [1.165, 1.54) is 29.5 Å². The molecule has 0 radical (unpaired) electrons. The van der Waals surface area contributed by atoms with Crippen molar-refractivity contribution in [2.24, 2.45) is 0 Å². The van der Waals surface area contributed by atoms with E-state index in [1.807, 2.05) is 6.92 Å². The van der Waals surface area contributed by atoms with Gasteiger partial charge in [-0.3, -0.25) is 4.79 Å². The van der Waals surface area contributed by atoms with Crippen molar-refractivity contribution in [3.05, 3.63) is 88.7 Å². The molecule has 1 heterocycles. The Morgan fingerprint density at radius 3 is 2.61 bits per heavy atom. The maximum absolute atomic E-state index is 14.0. The van der Waals surface area contributed by atoms with Crippen LogP contribution < -0.4 is 10.6 Å². The third kappa shape index (κ3) is 5.16. The number of amides is 1. The smallest absolute Gasteiger partial charge is 0.212 e. The third-order valence-electron chi connectivity index (χ3n) is 4.39. The topological polar surface area (TPSA) is 63.2 Å². The third-order valence-corrected chi connectivity index (χ3v) is 5.15. The lowest BCUT2D eigenvalue weighted by molar-refractivity contribution is -0.105. The minimum Gasteiger partial charge on any atom is -0.491 e. The van der Waals surface area contributed by atoms with Gasteiger partial charge in [0.05, 0.1) is 12.1 Å². The van der Waals surface area contributed by atoms with Crippen LogP contribution in [0.1, 0.15) is 23.7 Å². The molecule has 0 aliphatic carbocycles. The molecule has 1 aromatic heterocycles.